The van der Waals surface area contributed by atoms with Crippen molar-refractivity contribution in [2.24, 2.45) is 0 Å². The molecule has 0 aromatic heterocycles. The highest BCUT2D eigenvalue weighted by Gasteiger charge is 1.74. The largest absolute Gasteiger partial charge is 0.0917 e. The van der Waals surface area contributed by atoms with Crippen molar-refractivity contribution in [3.8, 4) is 0 Å². The molecule has 118 valence electrons. The van der Waals surface area contributed by atoms with Crippen molar-refractivity contribution in [1.82, 2.24) is 0 Å². The maximum atomic E-state index is 2.27. The third-order valence-corrected chi connectivity index (χ3v) is 2.27. The summed E-state index contributed by atoms with van der Waals surface area (Å²) in [5.74, 6) is 0. The van der Waals surface area contributed by atoms with Crippen molar-refractivity contribution in [2.45, 2.75) is 80.1 Å². The Balaban J connectivity index is -0.000000223. The molecule has 0 fully saturated rings. The second-order valence-corrected chi connectivity index (χ2v) is 4.36. The molecule has 0 amide bonds. The van der Waals surface area contributed by atoms with Gasteiger partial charge in [-0.15, -0.1) is 0 Å². The molecule has 0 saturated carbocycles. The second kappa shape index (κ2) is 30.8. The van der Waals surface area contributed by atoms with Crippen LogP contribution < -0.4 is 0 Å². The molecule has 0 aliphatic heterocycles. The Hall–Kier alpha value is -1.04. The third-order valence-electron chi connectivity index (χ3n) is 2.27. The van der Waals surface area contributed by atoms with Crippen LogP contribution in [-0.2, 0) is 0 Å². The lowest BCUT2D eigenvalue weighted by Gasteiger charge is -1.85. The van der Waals surface area contributed by atoms with Crippen LogP contribution in [0.4, 0.5) is 0 Å². The number of hydrogen-bond acceptors (Lipinski definition) is 0. The number of hydrogen-bond donors (Lipinski definition) is 0. The van der Waals surface area contributed by atoms with Crippen LogP contribution in [-0.4, -0.2) is 0 Å². The molecule has 20 heavy (non-hydrogen) atoms. The van der Waals surface area contributed by atoms with Crippen molar-refractivity contribution in [2.75, 3.05) is 0 Å². The second-order valence-electron chi connectivity index (χ2n) is 4.36. The van der Waals surface area contributed by atoms with Crippen LogP contribution in [0, 0.1) is 0 Å². The zero-order chi connectivity index (χ0) is 15.9. The van der Waals surface area contributed by atoms with Crippen molar-refractivity contribution in [3.63, 3.8) is 0 Å². The van der Waals surface area contributed by atoms with Crippen molar-refractivity contribution >= 4 is 0 Å². The van der Waals surface area contributed by atoms with Gasteiger partial charge < -0.3 is 0 Å². The Kier molecular flexibility index (Phi) is 36.9. The molecule has 0 nitrogen and oxygen atoms in total. The quantitative estimate of drug-likeness (QED) is 0.255. The monoisotopic (exact) mass is 278 g/mol. The summed E-state index contributed by atoms with van der Waals surface area (Å²) in [6, 6.07) is 0. The molecule has 0 spiro atoms. The standard InChI is InChI=1S/C8H16.C7H12.C5H10/c1-3-5-7-8-6-4-2;1-3-5-7-6-4-2;1-3-5-4-2/h5,7H,3-4,6,8H2,1-2H3;3,5-7H,4H2,1-2H3;3,5H,4H2,1-2H3/b7-5-;5-3+,7-6-;. The van der Waals surface area contributed by atoms with E-state index in [2.05, 4.69) is 64.2 Å². The molecule has 0 radical (unpaired) electrons. The van der Waals surface area contributed by atoms with Gasteiger partial charge in [-0.05, 0) is 39.5 Å². The Morgan fingerprint density at radius 3 is 1.55 bits per heavy atom. The van der Waals surface area contributed by atoms with Gasteiger partial charge in [0.2, 0.25) is 0 Å². The predicted octanol–water partition coefficient (Wildman–Crippen LogP) is 7.64. The van der Waals surface area contributed by atoms with Gasteiger partial charge in [0.05, 0.1) is 0 Å². The van der Waals surface area contributed by atoms with E-state index in [0.29, 0.717) is 0 Å². The van der Waals surface area contributed by atoms with E-state index in [4.69, 9.17) is 0 Å². The molecular formula is C20H38. The minimum atomic E-state index is 1.13. The molecule has 0 unspecified atom stereocenters. The summed E-state index contributed by atoms with van der Waals surface area (Å²) in [4.78, 5) is 0. The number of allylic oxidation sites excluding steroid dienone is 8. The van der Waals surface area contributed by atoms with E-state index in [1.54, 1.807) is 0 Å². The van der Waals surface area contributed by atoms with Crippen LogP contribution in [0.15, 0.2) is 48.6 Å². The fourth-order valence-corrected chi connectivity index (χ4v) is 1.17. The molecule has 0 rings (SSSR count). The predicted molar refractivity (Wildman–Crippen MR) is 98.3 cm³/mol. The van der Waals surface area contributed by atoms with Crippen LogP contribution in [0.1, 0.15) is 80.1 Å². The smallest absolute Gasteiger partial charge is 0.0351 e. The highest BCUT2D eigenvalue weighted by Crippen LogP contribution is 1.94. The van der Waals surface area contributed by atoms with E-state index >= 15 is 0 Å². The van der Waals surface area contributed by atoms with Crippen LogP contribution in [0.3, 0.4) is 0 Å². The van der Waals surface area contributed by atoms with E-state index < -0.39 is 0 Å². The summed E-state index contributed by atoms with van der Waals surface area (Å²) < 4.78 is 0. The van der Waals surface area contributed by atoms with Gasteiger partial charge in [0.1, 0.15) is 0 Å². The summed E-state index contributed by atoms with van der Waals surface area (Å²) in [5, 5.41) is 0. The van der Waals surface area contributed by atoms with Crippen LogP contribution in [0.25, 0.3) is 0 Å². The van der Waals surface area contributed by atoms with Gasteiger partial charge in [0.15, 0.2) is 0 Å². The Labute approximate surface area is 129 Å². The fraction of sp³-hybridized carbons (Fsp3) is 0.600. The molecule has 0 aromatic rings. The molecule has 0 heteroatoms. The highest BCUT2D eigenvalue weighted by atomic mass is 13.8. The molecule has 0 N–H and O–H groups in total. The van der Waals surface area contributed by atoms with Gasteiger partial charge in [-0.1, -0.05) is 89.1 Å². The molecule has 0 aliphatic rings. The van der Waals surface area contributed by atoms with Crippen molar-refractivity contribution < 1.29 is 0 Å². The molecule has 0 heterocycles. The fourth-order valence-electron chi connectivity index (χ4n) is 1.17. The average Bonchev–Trinajstić information content (AvgIpc) is 2.47. The Morgan fingerprint density at radius 2 is 1.20 bits per heavy atom. The molecule has 0 saturated heterocycles. The first kappa shape index (κ1) is 24.0. The highest BCUT2D eigenvalue weighted by molar-refractivity contribution is 5.00. The first-order chi connectivity index (χ1) is 9.74. The lowest BCUT2D eigenvalue weighted by atomic mass is 10.2. The summed E-state index contributed by atoms with van der Waals surface area (Å²) in [5.41, 5.74) is 0. The van der Waals surface area contributed by atoms with Crippen LogP contribution >= 0.6 is 0 Å². The minimum Gasteiger partial charge on any atom is -0.0917 e. The van der Waals surface area contributed by atoms with E-state index in [0.717, 1.165) is 12.8 Å². The van der Waals surface area contributed by atoms with Gasteiger partial charge in [0, 0.05) is 0 Å². The van der Waals surface area contributed by atoms with E-state index in [1.807, 2.05) is 26.0 Å². The molecule has 0 atom stereocenters. The van der Waals surface area contributed by atoms with Gasteiger partial charge in [0.25, 0.3) is 0 Å². The first-order valence-corrected chi connectivity index (χ1v) is 8.28. The normalized spacial score (nSPS) is 10.9. The number of unbranched alkanes of at least 4 members (excludes halogenated alkanes) is 2. The molecule has 0 bridgehead atoms. The summed E-state index contributed by atoms with van der Waals surface area (Å²) in [6.07, 6.45) is 24.3. The van der Waals surface area contributed by atoms with E-state index in [9.17, 15) is 0 Å². The first-order valence-electron chi connectivity index (χ1n) is 8.28. The molecule has 0 aliphatic carbocycles. The lowest BCUT2D eigenvalue weighted by Crippen LogP contribution is -1.65. The average molecular weight is 279 g/mol. The van der Waals surface area contributed by atoms with Crippen LogP contribution in [0.5, 0.6) is 0 Å². The van der Waals surface area contributed by atoms with Gasteiger partial charge in [-0.2, -0.15) is 0 Å². The van der Waals surface area contributed by atoms with E-state index in [-0.39, 0.29) is 0 Å². The van der Waals surface area contributed by atoms with Gasteiger partial charge >= 0.3 is 0 Å². The lowest BCUT2D eigenvalue weighted by molar-refractivity contribution is 0.812. The molecular weight excluding hydrogens is 240 g/mol. The maximum absolute atomic E-state index is 2.27. The third kappa shape index (κ3) is 43.5. The van der Waals surface area contributed by atoms with E-state index in [1.165, 1.54) is 25.7 Å². The maximum Gasteiger partial charge on any atom is -0.0351 e. The zero-order valence-electron chi connectivity index (χ0n) is 14.9. The topological polar surface area (TPSA) is 0 Å². The summed E-state index contributed by atoms with van der Waals surface area (Å²) in [7, 11) is 0. The summed E-state index contributed by atoms with van der Waals surface area (Å²) in [6.45, 7) is 12.7. The van der Waals surface area contributed by atoms with Crippen LogP contribution in [0.2, 0.25) is 0 Å². The van der Waals surface area contributed by atoms with Gasteiger partial charge in [-0.3, -0.25) is 0 Å². The number of rotatable bonds is 7. The Bertz CT molecular complexity index is 228. The van der Waals surface area contributed by atoms with Crippen molar-refractivity contribution in [1.29, 1.82) is 0 Å². The SMILES string of the molecule is C/C=C/C=C\CC.CC/C=C\CCCC.CC=CCC. The minimum absolute atomic E-state index is 1.13. The summed E-state index contributed by atoms with van der Waals surface area (Å²) >= 11 is 0. The van der Waals surface area contributed by atoms with Gasteiger partial charge in [-0.25, -0.2) is 0 Å². The molecule has 0 aromatic carbocycles. The zero-order valence-corrected chi connectivity index (χ0v) is 14.9. The van der Waals surface area contributed by atoms with Crippen molar-refractivity contribution in [3.05, 3.63) is 48.6 Å². The Morgan fingerprint density at radius 1 is 0.600 bits per heavy atom.